The van der Waals surface area contributed by atoms with Gasteiger partial charge in [-0.3, -0.25) is 9.59 Å². The molecule has 2 unspecified atom stereocenters. The molecule has 19 heavy (non-hydrogen) atoms. The van der Waals surface area contributed by atoms with Crippen molar-refractivity contribution >= 4 is 17.6 Å². The molecule has 1 saturated heterocycles. The van der Waals surface area contributed by atoms with E-state index in [1.165, 1.54) is 0 Å². The Balaban J connectivity index is 1.92. The lowest BCUT2D eigenvalue weighted by Crippen LogP contribution is -2.31. The second-order valence-corrected chi connectivity index (χ2v) is 5.04. The molecule has 0 saturated carbocycles. The van der Waals surface area contributed by atoms with E-state index < -0.39 is 0 Å². The van der Waals surface area contributed by atoms with Crippen LogP contribution in [0.5, 0.6) is 0 Å². The summed E-state index contributed by atoms with van der Waals surface area (Å²) in [6.45, 7) is 2.21. The van der Waals surface area contributed by atoms with Crippen LogP contribution in [0.2, 0.25) is 0 Å². The van der Waals surface area contributed by atoms with Gasteiger partial charge in [0.15, 0.2) is 0 Å². The number of carbonyl (C=O) groups is 2. The van der Waals surface area contributed by atoms with Gasteiger partial charge in [-0.15, -0.1) is 0 Å². The number of rotatable bonds is 3. The summed E-state index contributed by atoms with van der Waals surface area (Å²) < 4.78 is 5.05. The number of hydrogen-bond donors (Lipinski definition) is 0. The maximum absolute atomic E-state index is 12.0. The van der Waals surface area contributed by atoms with Crippen molar-refractivity contribution in [3.05, 3.63) is 29.8 Å². The van der Waals surface area contributed by atoms with E-state index in [0.29, 0.717) is 19.4 Å². The third kappa shape index (κ3) is 1.91. The molecule has 0 aromatic heterocycles. The molecule has 1 fully saturated rings. The van der Waals surface area contributed by atoms with Gasteiger partial charge in [0.25, 0.3) is 0 Å². The number of benzene rings is 1. The highest BCUT2D eigenvalue weighted by atomic mass is 16.5. The van der Waals surface area contributed by atoms with E-state index in [0.717, 1.165) is 17.7 Å². The maximum Gasteiger partial charge on any atom is 0.306 e. The van der Waals surface area contributed by atoms with E-state index in [1.807, 2.05) is 36.1 Å². The molecule has 0 bridgehead atoms. The highest BCUT2D eigenvalue weighted by molar-refractivity contribution is 5.99. The first kappa shape index (κ1) is 12.2. The van der Waals surface area contributed by atoms with Crippen molar-refractivity contribution in [3.8, 4) is 0 Å². The summed E-state index contributed by atoms with van der Waals surface area (Å²) in [6, 6.07) is 8.02. The first-order valence-electron chi connectivity index (χ1n) is 6.79. The molecule has 0 radical (unpaired) electrons. The quantitative estimate of drug-likeness (QED) is 0.782. The van der Waals surface area contributed by atoms with Gasteiger partial charge in [0.05, 0.1) is 13.0 Å². The summed E-state index contributed by atoms with van der Waals surface area (Å²) in [5.41, 5.74) is 2.08. The Hall–Kier alpha value is -1.84. The van der Waals surface area contributed by atoms with Crippen LogP contribution in [0, 0.1) is 0 Å². The van der Waals surface area contributed by atoms with Crippen molar-refractivity contribution in [2.45, 2.75) is 38.1 Å². The molecule has 2 heterocycles. The van der Waals surface area contributed by atoms with Gasteiger partial charge in [-0.1, -0.05) is 18.2 Å². The second-order valence-electron chi connectivity index (χ2n) is 5.04. The molecular weight excluding hydrogens is 242 g/mol. The van der Waals surface area contributed by atoms with E-state index in [2.05, 4.69) is 0 Å². The van der Waals surface area contributed by atoms with Gasteiger partial charge < -0.3 is 9.64 Å². The van der Waals surface area contributed by atoms with E-state index >= 15 is 0 Å². The summed E-state index contributed by atoms with van der Waals surface area (Å²) in [7, 11) is 0. The predicted molar refractivity (Wildman–Crippen MR) is 70.9 cm³/mol. The maximum atomic E-state index is 12.0. The number of esters is 1. The number of amides is 1. The van der Waals surface area contributed by atoms with Gasteiger partial charge >= 0.3 is 5.97 Å². The summed E-state index contributed by atoms with van der Waals surface area (Å²) in [5.74, 6) is 0.0778. The average Bonchev–Trinajstić information content (AvgIpc) is 2.91. The SMILES string of the molecule is CCOC(=O)CC1c2ccccc2N2C(=O)CCC12. The molecule has 2 aliphatic rings. The first-order chi connectivity index (χ1) is 9.22. The normalized spacial score (nSPS) is 24.3. The number of nitrogens with zero attached hydrogens (tertiary/aromatic N) is 1. The molecule has 2 aliphatic heterocycles. The Labute approximate surface area is 112 Å². The van der Waals surface area contributed by atoms with Gasteiger partial charge in [0.1, 0.15) is 0 Å². The third-order valence-corrected chi connectivity index (χ3v) is 4.01. The van der Waals surface area contributed by atoms with Crippen LogP contribution in [0.1, 0.15) is 37.7 Å². The van der Waals surface area contributed by atoms with Gasteiger partial charge in [-0.05, 0) is 25.0 Å². The molecule has 3 rings (SSSR count). The molecule has 4 nitrogen and oxygen atoms in total. The topological polar surface area (TPSA) is 46.6 Å². The molecule has 0 N–H and O–H groups in total. The van der Waals surface area contributed by atoms with Crippen LogP contribution >= 0.6 is 0 Å². The number of ether oxygens (including phenoxy) is 1. The molecule has 4 heteroatoms. The van der Waals surface area contributed by atoms with Crippen molar-refractivity contribution in [2.75, 3.05) is 11.5 Å². The molecular formula is C15H17NO3. The second kappa shape index (κ2) is 4.68. The number of para-hydroxylation sites is 1. The van der Waals surface area contributed by atoms with Crippen LogP contribution in [0.15, 0.2) is 24.3 Å². The van der Waals surface area contributed by atoms with Crippen LogP contribution in [0.3, 0.4) is 0 Å². The monoisotopic (exact) mass is 259 g/mol. The molecule has 0 spiro atoms. The first-order valence-corrected chi connectivity index (χ1v) is 6.79. The molecule has 2 atom stereocenters. The fraction of sp³-hybridized carbons (Fsp3) is 0.467. The molecule has 0 aliphatic carbocycles. The van der Waals surface area contributed by atoms with Crippen molar-refractivity contribution in [1.29, 1.82) is 0 Å². The van der Waals surface area contributed by atoms with Crippen LogP contribution in [-0.2, 0) is 14.3 Å². The summed E-state index contributed by atoms with van der Waals surface area (Å²) in [5, 5.41) is 0. The van der Waals surface area contributed by atoms with Gasteiger partial charge in [0.2, 0.25) is 5.91 Å². The minimum Gasteiger partial charge on any atom is -0.466 e. The zero-order chi connectivity index (χ0) is 13.4. The smallest absolute Gasteiger partial charge is 0.306 e. The third-order valence-electron chi connectivity index (χ3n) is 4.01. The van der Waals surface area contributed by atoms with Crippen LogP contribution < -0.4 is 4.90 Å². The molecule has 100 valence electrons. The molecule has 1 aromatic rings. The van der Waals surface area contributed by atoms with Crippen LogP contribution in [0.4, 0.5) is 5.69 Å². The van der Waals surface area contributed by atoms with Crippen LogP contribution in [0.25, 0.3) is 0 Å². The average molecular weight is 259 g/mol. The number of carbonyl (C=O) groups excluding carboxylic acids is 2. The highest BCUT2D eigenvalue weighted by Crippen LogP contribution is 2.47. The largest absolute Gasteiger partial charge is 0.466 e. The van der Waals surface area contributed by atoms with Crippen molar-refractivity contribution < 1.29 is 14.3 Å². The number of hydrogen-bond acceptors (Lipinski definition) is 3. The lowest BCUT2D eigenvalue weighted by atomic mass is 9.90. The van der Waals surface area contributed by atoms with Gasteiger partial charge in [-0.25, -0.2) is 0 Å². The summed E-state index contributed by atoms with van der Waals surface area (Å²) >= 11 is 0. The minimum atomic E-state index is -0.177. The molecule has 1 aromatic carbocycles. The van der Waals surface area contributed by atoms with Crippen molar-refractivity contribution in [3.63, 3.8) is 0 Å². The van der Waals surface area contributed by atoms with Gasteiger partial charge in [0, 0.05) is 24.1 Å². The van der Waals surface area contributed by atoms with Crippen LogP contribution in [-0.4, -0.2) is 24.5 Å². The molecule has 1 amide bonds. The number of fused-ring (bicyclic) bond motifs is 3. The standard InChI is InChI=1S/C15H17NO3/c1-2-19-15(18)9-11-10-5-3-4-6-12(10)16-13(11)7-8-14(16)17/h3-6,11,13H,2,7-9H2,1H3. The Morgan fingerprint density at radius 1 is 1.42 bits per heavy atom. The van der Waals surface area contributed by atoms with E-state index in [9.17, 15) is 9.59 Å². The highest BCUT2D eigenvalue weighted by Gasteiger charge is 2.45. The Morgan fingerprint density at radius 2 is 2.21 bits per heavy atom. The van der Waals surface area contributed by atoms with Crippen molar-refractivity contribution in [2.24, 2.45) is 0 Å². The predicted octanol–water partition coefficient (Wildman–Crippen LogP) is 2.23. The fourth-order valence-electron chi connectivity index (χ4n) is 3.27. The zero-order valence-electron chi connectivity index (χ0n) is 11.0. The van der Waals surface area contributed by atoms with E-state index in [1.54, 1.807) is 0 Å². The van der Waals surface area contributed by atoms with Crippen molar-refractivity contribution in [1.82, 2.24) is 0 Å². The zero-order valence-corrected chi connectivity index (χ0v) is 11.0. The fourth-order valence-corrected chi connectivity index (χ4v) is 3.27. The Bertz CT molecular complexity index is 526. The van der Waals surface area contributed by atoms with Gasteiger partial charge in [-0.2, -0.15) is 0 Å². The Morgan fingerprint density at radius 3 is 3.00 bits per heavy atom. The Kier molecular flexibility index (Phi) is 3.01. The lowest BCUT2D eigenvalue weighted by molar-refractivity contribution is -0.143. The lowest BCUT2D eigenvalue weighted by Gasteiger charge is -2.20. The van der Waals surface area contributed by atoms with E-state index in [4.69, 9.17) is 4.74 Å². The number of anilines is 1. The summed E-state index contributed by atoms with van der Waals surface area (Å²) in [4.78, 5) is 25.6. The minimum absolute atomic E-state index is 0.0849. The summed E-state index contributed by atoms with van der Waals surface area (Å²) in [6.07, 6.45) is 1.77. The van der Waals surface area contributed by atoms with E-state index in [-0.39, 0.29) is 23.8 Å².